The molecular weight excluding hydrogens is 286 g/mol. The summed E-state index contributed by atoms with van der Waals surface area (Å²) >= 11 is 0. The Morgan fingerprint density at radius 3 is 2.50 bits per heavy atom. The lowest BCUT2D eigenvalue weighted by Crippen LogP contribution is -2.39. The lowest BCUT2D eigenvalue weighted by Gasteiger charge is -2.41. The standard InChI is InChI=1S/C16H29NO5/c1-15(2,3)22-14(19)7-11-6-12(9-16(4,5)8-11)13(18)10-17(20)21/h11-13,18H,6-10H2,1-5H3/t11-,12-,13-/m1/s1. The Morgan fingerprint density at radius 1 is 1.41 bits per heavy atom. The van der Waals surface area contributed by atoms with Crippen molar-refractivity contribution in [3.63, 3.8) is 0 Å². The summed E-state index contributed by atoms with van der Waals surface area (Å²) in [6, 6.07) is 0. The van der Waals surface area contributed by atoms with E-state index in [9.17, 15) is 20.0 Å². The van der Waals surface area contributed by atoms with E-state index in [1.807, 2.05) is 20.8 Å². The summed E-state index contributed by atoms with van der Waals surface area (Å²) in [5.74, 6) is -0.274. The molecule has 1 aliphatic carbocycles. The van der Waals surface area contributed by atoms with Crippen LogP contribution in [0.15, 0.2) is 0 Å². The molecular formula is C16H29NO5. The Labute approximate surface area is 132 Å². The van der Waals surface area contributed by atoms with Gasteiger partial charge in [0, 0.05) is 11.3 Å². The third-order valence-electron chi connectivity index (χ3n) is 4.05. The van der Waals surface area contributed by atoms with Gasteiger partial charge in [-0.05, 0) is 57.3 Å². The smallest absolute Gasteiger partial charge is 0.306 e. The van der Waals surface area contributed by atoms with Gasteiger partial charge < -0.3 is 9.84 Å². The number of ether oxygens (including phenoxy) is 1. The van der Waals surface area contributed by atoms with E-state index in [-0.39, 0.29) is 23.2 Å². The van der Waals surface area contributed by atoms with Crippen LogP contribution < -0.4 is 0 Å². The number of aliphatic hydroxyl groups excluding tert-OH is 1. The minimum absolute atomic E-state index is 0.0345. The number of rotatable bonds is 5. The average Bonchev–Trinajstić information content (AvgIpc) is 2.22. The predicted octanol–water partition coefficient (Wildman–Crippen LogP) is 2.80. The fraction of sp³-hybridized carbons (Fsp3) is 0.938. The van der Waals surface area contributed by atoms with Gasteiger partial charge in [-0.25, -0.2) is 0 Å². The van der Waals surface area contributed by atoms with Gasteiger partial charge >= 0.3 is 5.97 Å². The lowest BCUT2D eigenvalue weighted by atomic mass is 9.65. The number of hydrogen-bond donors (Lipinski definition) is 1. The minimum Gasteiger partial charge on any atom is -0.460 e. The van der Waals surface area contributed by atoms with Crippen molar-refractivity contribution in [2.45, 2.75) is 72.0 Å². The Bertz CT molecular complexity index is 413. The second-order valence-corrected chi connectivity index (χ2v) is 8.31. The van der Waals surface area contributed by atoms with Gasteiger partial charge in [-0.15, -0.1) is 0 Å². The first-order chi connectivity index (χ1) is 9.88. The zero-order valence-electron chi connectivity index (χ0n) is 14.3. The van der Waals surface area contributed by atoms with Gasteiger partial charge in [0.2, 0.25) is 6.54 Å². The van der Waals surface area contributed by atoms with E-state index >= 15 is 0 Å². The van der Waals surface area contributed by atoms with Gasteiger partial charge in [0.05, 0.1) is 0 Å². The zero-order valence-corrected chi connectivity index (χ0v) is 14.3. The highest BCUT2D eigenvalue weighted by Crippen LogP contribution is 2.44. The molecule has 1 rings (SSSR count). The van der Waals surface area contributed by atoms with Crippen molar-refractivity contribution in [2.24, 2.45) is 17.3 Å². The zero-order chi connectivity index (χ0) is 17.1. The Balaban J connectivity index is 2.67. The van der Waals surface area contributed by atoms with E-state index in [2.05, 4.69) is 13.8 Å². The topological polar surface area (TPSA) is 89.7 Å². The number of aliphatic hydroxyl groups is 1. The molecule has 0 aliphatic heterocycles. The maximum atomic E-state index is 12.0. The molecule has 6 heteroatoms. The molecule has 0 aromatic carbocycles. The molecule has 0 unspecified atom stereocenters. The van der Waals surface area contributed by atoms with Crippen molar-refractivity contribution in [1.29, 1.82) is 0 Å². The van der Waals surface area contributed by atoms with E-state index in [4.69, 9.17) is 4.74 Å². The first-order valence-corrected chi connectivity index (χ1v) is 7.90. The molecule has 1 N–H and O–H groups in total. The van der Waals surface area contributed by atoms with Crippen LogP contribution >= 0.6 is 0 Å². The van der Waals surface area contributed by atoms with Crippen LogP contribution in [0.25, 0.3) is 0 Å². The summed E-state index contributed by atoms with van der Waals surface area (Å²) in [6.45, 7) is 9.23. The Morgan fingerprint density at radius 2 is 2.00 bits per heavy atom. The van der Waals surface area contributed by atoms with E-state index in [0.717, 1.165) is 12.8 Å². The molecule has 0 radical (unpaired) electrons. The normalized spacial score (nSPS) is 26.3. The van der Waals surface area contributed by atoms with Crippen LogP contribution in [0.4, 0.5) is 0 Å². The highest BCUT2D eigenvalue weighted by Gasteiger charge is 2.39. The second kappa shape index (κ2) is 6.94. The number of carbonyl (C=O) groups excluding carboxylic acids is 1. The molecule has 1 saturated carbocycles. The van der Waals surface area contributed by atoms with Crippen molar-refractivity contribution in [3.8, 4) is 0 Å². The van der Waals surface area contributed by atoms with E-state index in [0.29, 0.717) is 12.8 Å². The highest BCUT2D eigenvalue weighted by atomic mass is 16.6. The average molecular weight is 315 g/mol. The number of nitrogens with zero attached hydrogens (tertiary/aromatic N) is 1. The minimum atomic E-state index is -0.948. The van der Waals surface area contributed by atoms with Crippen LogP contribution in [0, 0.1) is 27.4 Å². The number of carbonyl (C=O) groups is 1. The van der Waals surface area contributed by atoms with Crippen LogP contribution in [0.2, 0.25) is 0 Å². The molecule has 0 aromatic rings. The summed E-state index contributed by atoms with van der Waals surface area (Å²) < 4.78 is 5.36. The van der Waals surface area contributed by atoms with Gasteiger partial charge in [-0.1, -0.05) is 13.8 Å². The molecule has 128 valence electrons. The molecule has 0 spiro atoms. The van der Waals surface area contributed by atoms with Crippen molar-refractivity contribution in [3.05, 3.63) is 10.1 Å². The number of hydrogen-bond acceptors (Lipinski definition) is 5. The Hall–Kier alpha value is -1.17. The number of esters is 1. The van der Waals surface area contributed by atoms with Crippen LogP contribution in [0.1, 0.15) is 60.3 Å². The molecule has 0 bridgehead atoms. The molecule has 1 aliphatic rings. The lowest BCUT2D eigenvalue weighted by molar-refractivity contribution is -0.492. The van der Waals surface area contributed by atoms with Gasteiger partial charge in [0.25, 0.3) is 0 Å². The van der Waals surface area contributed by atoms with E-state index < -0.39 is 23.2 Å². The largest absolute Gasteiger partial charge is 0.460 e. The van der Waals surface area contributed by atoms with E-state index in [1.165, 1.54) is 0 Å². The van der Waals surface area contributed by atoms with Crippen molar-refractivity contribution in [2.75, 3.05) is 6.54 Å². The van der Waals surface area contributed by atoms with Gasteiger partial charge in [-0.3, -0.25) is 14.9 Å². The fourth-order valence-electron chi connectivity index (χ4n) is 3.54. The molecule has 3 atom stereocenters. The number of nitro groups is 1. The second-order valence-electron chi connectivity index (χ2n) is 8.31. The quantitative estimate of drug-likeness (QED) is 0.478. The third kappa shape index (κ3) is 6.73. The van der Waals surface area contributed by atoms with Gasteiger partial charge in [-0.2, -0.15) is 0 Å². The predicted molar refractivity (Wildman–Crippen MR) is 82.9 cm³/mol. The fourth-order valence-corrected chi connectivity index (χ4v) is 3.54. The maximum absolute atomic E-state index is 12.0. The monoisotopic (exact) mass is 315 g/mol. The van der Waals surface area contributed by atoms with Crippen LogP contribution in [0.3, 0.4) is 0 Å². The van der Waals surface area contributed by atoms with E-state index in [1.54, 1.807) is 0 Å². The van der Waals surface area contributed by atoms with Gasteiger partial charge in [0.15, 0.2) is 0 Å². The van der Waals surface area contributed by atoms with Crippen LogP contribution in [0.5, 0.6) is 0 Å². The molecule has 6 nitrogen and oxygen atoms in total. The maximum Gasteiger partial charge on any atom is 0.306 e. The third-order valence-corrected chi connectivity index (χ3v) is 4.05. The molecule has 1 fully saturated rings. The first kappa shape index (κ1) is 18.9. The van der Waals surface area contributed by atoms with Gasteiger partial charge in [0.1, 0.15) is 11.7 Å². The van der Waals surface area contributed by atoms with Crippen LogP contribution in [-0.2, 0) is 9.53 Å². The summed E-state index contributed by atoms with van der Waals surface area (Å²) in [5, 5.41) is 20.7. The highest BCUT2D eigenvalue weighted by molar-refractivity contribution is 5.70. The molecule has 0 saturated heterocycles. The molecule has 22 heavy (non-hydrogen) atoms. The Kier molecular flexibility index (Phi) is 5.96. The van der Waals surface area contributed by atoms with Crippen molar-refractivity contribution < 1.29 is 19.6 Å². The molecule has 0 heterocycles. The summed E-state index contributed by atoms with van der Waals surface area (Å²) in [6.07, 6.45) is 1.61. The SMILES string of the molecule is CC1(C)C[C@@H](CC(=O)OC(C)(C)C)C[C@@H]([C@H](O)C[N+](=O)[O-])C1. The van der Waals surface area contributed by atoms with Crippen molar-refractivity contribution >= 4 is 5.97 Å². The first-order valence-electron chi connectivity index (χ1n) is 7.90. The summed E-state index contributed by atoms with van der Waals surface area (Å²) in [7, 11) is 0. The summed E-state index contributed by atoms with van der Waals surface area (Å²) in [4.78, 5) is 22.1. The molecule has 0 amide bonds. The van der Waals surface area contributed by atoms with Crippen molar-refractivity contribution in [1.82, 2.24) is 0 Å². The molecule has 0 aromatic heterocycles. The summed E-state index contributed by atoms with van der Waals surface area (Å²) in [5.41, 5.74) is -0.543. The van der Waals surface area contributed by atoms with Crippen LogP contribution in [-0.4, -0.2) is 34.2 Å².